The van der Waals surface area contributed by atoms with Crippen LogP contribution in [0.25, 0.3) is 11.2 Å². The second kappa shape index (κ2) is 2.75. The maximum Gasteiger partial charge on any atom is 0.177 e. The van der Waals surface area contributed by atoms with E-state index in [-0.39, 0.29) is 5.82 Å². The normalized spacial score (nSPS) is 10.8. The van der Waals surface area contributed by atoms with E-state index < -0.39 is 0 Å². The van der Waals surface area contributed by atoms with Crippen molar-refractivity contribution in [3.8, 4) is 0 Å². The maximum absolute atomic E-state index is 12.6. The molecule has 0 saturated heterocycles. The zero-order valence-electron chi connectivity index (χ0n) is 6.08. The van der Waals surface area contributed by atoms with Gasteiger partial charge < -0.3 is 4.98 Å². The molecule has 2 aromatic rings. The first-order valence-corrected chi connectivity index (χ1v) is 4.04. The highest BCUT2D eigenvalue weighted by molar-refractivity contribution is 7.79. The van der Waals surface area contributed by atoms with Crippen LogP contribution in [0.15, 0.2) is 12.3 Å². The van der Waals surface area contributed by atoms with Crippen LogP contribution in [0.4, 0.5) is 4.39 Å². The van der Waals surface area contributed by atoms with Crippen LogP contribution in [0.1, 0.15) is 5.82 Å². The molecule has 0 radical (unpaired) electrons. The average molecular weight is 183 g/mol. The number of nitrogens with one attached hydrogen (secondary N) is 1. The van der Waals surface area contributed by atoms with Gasteiger partial charge in [-0.15, -0.1) is 0 Å². The third-order valence-corrected chi connectivity index (χ3v) is 1.80. The Hall–Kier alpha value is -1.10. The molecule has 0 aliphatic rings. The molecule has 0 amide bonds. The minimum absolute atomic E-state index is 0.364. The monoisotopic (exact) mass is 183 g/mol. The molecule has 3 nitrogen and oxygen atoms in total. The van der Waals surface area contributed by atoms with Crippen molar-refractivity contribution in [3.63, 3.8) is 0 Å². The first-order valence-electron chi connectivity index (χ1n) is 3.40. The predicted molar refractivity (Wildman–Crippen MR) is 46.5 cm³/mol. The van der Waals surface area contributed by atoms with Crippen molar-refractivity contribution in [2.24, 2.45) is 0 Å². The van der Waals surface area contributed by atoms with Crippen LogP contribution in [0.5, 0.6) is 0 Å². The Morgan fingerprint density at radius 2 is 2.42 bits per heavy atom. The minimum atomic E-state index is -0.364. The van der Waals surface area contributed by atoms with Crippen molar-refractivity contribution in [3.05, 3.63) is 23.9 Å². The van der Waals surface area contributed by atoms with Crippen molar-refractivity contribution in [2.45, 2.75) is 5.75 Å². The fourth-order valence-electron chi connectivity index (χ4n) is 0.999. The van der Waals surface area contributed by atoms with Crippen LogP contribution < -0.4 is 0 Å². The van der Waals surface area contributed by atoms with E-state index in [1.54, 1.807) is 0 Å². The van der Waals surface area contributed by atoms with E-state index in [1.807, 2.05) is 0 Å². The number of hydrogen-bond acceptors (Lipinski definition) is 3. The molecule has 2 heterocycles. The SMILES string of the molecule is Fc1cnc2nc(CS)[nH]c2c1. The molecule has 0 bridgehead atoms. The van der Waals surface area contributed by atoms with Gasteiger partial charge in [0.05, 0.1) is 11.7 Å². The van der Waals surface area contributed by atoms with Gasteiger partial charge in [0.1, 0.15) is 11.6 Å². The van der Waals surface area contributed by atoms with Crippen molar-refractivity contribution < 1.29 is 4.39 Å². The number of rotatable bonds is 1. The Balaban J connectivity index is 2.67. The van der Waals surface area contributed by atoms with Crippen LogP contribution in [-0.2, 0) is 5.75 Å². The third kappa shape index (κ3) is 1.16. The van der Waals surface area contributed by atoms with Gasteiger partial charge in [0.15, 0.2) is 5.65 Å². The second-order valence-corrected chi connectivity index (χ2v) is 2.68. The molecule has 2 aromatic heterocycles. The number of nitrogens with zero attached hydrogens (tertiary/aromatic N) is 2. The standard InChI is InChI=1S/C7H6FN3S/c8-4-1-5-7(9-2-4)11-6(3-12)10-5/h1-2,12H,3H2,(H,9,10,11). The maximum atomic E-state index is 12.6. The van der Waals surface area contributed by atoms with E-state index in [1.165, 1.54) is 6.07 Å². The third-order valence-electron chi connectivity index (χ3n) is 1.50. The molecule has 12 heavy (non-hydrogen) atoms. The molecular formula is C7H6FN3S. The summed E-state index contributed by atoms with van der Waals surface area (Å²) in [6.07, 6.45) is 1.14. The summed E-state index contributed by atoms with van der Waals surface area (Å²) in [5.41, 5.74) is 1.14. The smallest absolute Gasteiger partial charge is 0.177 e. The quantitative estimate of drug-likeness (QED) is 0.658. The molecule has 2 rings (SSSR count). The highest BCUT2D eigenvalue weighted by atomic mass is 32.1. The molecule has 0 unspecified atom stereocenters. The van der Waals surface area contributed by atoms with Crippen molar-refractivity contribution >= 4 is 23.8 Å². The number of pyridine rings is 1. The van der Waals surface area contributed by atoms with Crippen LogP contribution in [-0.4, -0.2) is 15.0 Å². The number of H-pyrrole nitrogens is 1. The molecule has 0 atom stereocenters. The number of thiol groups is 1. The summed E-state index contributed by atoms with van der Waals surface area (Å²) in [6, 6.07) is 1.36. The van der Waals surface area contributed by atoms with Crippen molar-refractivity contribution in [2.75, 3.05) is 0 Å². The van der Waals surface area contributed by atoms with Gasteiger partial charge in [-0.3, -0.25) is 0 Å². The first kappa shape index (κ1) is 7.54. The summed E-state index contributed by atoms with van der Waals surface area (Å²) in [7, 11) is 0. The fraction of sp³-hybridized carbons (Fsp3) is 0.143. The topological polar surface area (TPSA) is 41.6 Å². The van der Waals surface area contributed by atoms with E-state index in [4.69, 9.17) is 0 Å². The van der Waals surface area contributed by atoms with Gasteiger partial charge in [-0.2, -0.15) is 12.6 Å². The van der Waals surface area contributed by atoms with Crippen molar-refractivity contribution in [1.29, 1.82) is 0 Å². The van der Waals surface area contributed by atoms with Gasteiger partial charge in [0.2, 0.25) is 0 Å². The lowest BCUT2D eigenvalue weighted by atomic mass is 10.4. The Morgan fingerprint density at radius 3 is 3.17 bits per heavy atom. The van der Waals surface area contributed by atoms with Gasteiger partial charge in [-0.25, -0.2) is 14.4 Å². The van der Waals surface area contributed by atoms with E-state index >= 15 is 0 Å². The molecule has 0 spiro atoms. The highest BCUT2D eigenvalue weighted by Crippen LogP contribution is 2.10. The summed E-state index contributed by atoms with van der Waals surface area (Å²) < 4.78 is 12.6. The Labute approximate surface area is 73.4 Å². The zero-order valence-corrected chi connectivity index (χ0v) is 6.98. The van der Waals surface area contributed by atoms with E-state index in [0.29, 0.717) is 22.7 Å². The van der Waals surface area contributed by atoms with E-state index in [2.05, 4.69) is 27.6 Å². The lowest BCUT2D eigenvalue weighted by Gasteiger charge is -1.85. The lowest BCUT2D eigenvalue weighted by molar-refractivity contribution is 0.624. The summed E-state index contributed by atoms with van der Waals surface area (Å²) >= 11 is 4.03. The van der Waals surface area contributed by atoms with Gasteiger partial charge >= 0.3 is 0 Å². The molecule has 1 N–H and O–H groups in total. The highest BCUT2D eigenvalue weighted by Gasteiger charge is 2.02. The molecule has 5 heteroatoms. The fourth-order valence-corrected chi connectivity index (χ4v) is 1.15. The summed E-state index contributed by atoms with van der Waals surface area (Å²) in [5.74, 6) is 0.834. The number of hydrogen-bond donors (Lipinski definition) is 2. The second-order valence-electron chi connectivity index (χ2n) is 2.37. The van der Waals surface area contributed by atoms with Gasteiger partial charge in [0, 0.05) is 11.8 Å². The number of fused-ring (bicyclic) bond motifs is 1. The molecule has 0 aliphatic carbocycles. The van der Waals surface area contributed by atoms with Crippen LogP contribution in [0, 0.1) is 5.82 Å². The number of imidazole rings is 1. The van der Waals surface area contributed by atoms with Crippen LogP contribution in [0.3, 0.4) is 0 Å². The van der Waals surface area contributed by atoms with Gasteiger partial charge in [-0.05, 0) is 0 Å². The molecule has 62 valence electrons. The van der Waals surface area contributed by atoms with Crippen LogP contribution in [0.2, 0.25) is 0 Å². The molecular weight excluding hydrogens is 177 g/mol. The number of halogens is 1. The molecule has 0 fully saturated rings. The van der Waals surface area contributed by atoms with Gasteiger partial charge in [0.25, 0.3) is 0 Å². The minimum Gasteiger partial charge on any atom is -0.340 e. The largest absolute Gasteiger partial charge is 0.340 e. The Bertz CT molecular complexity index is 412. The summed E-state index contributed by atoms with van der Waals surface area (Å²) in [5, 5.41) is 0. The van der Waals surface area contributed by atoms with E-state index in [0.717, 1.165) is 6.20 Å². The average Bonchev–Trinajstić information content (AvgIpc) is 2.46. The first-order chi connectivity index (χ1) is 5.79. The van der Waals surface area contributed by atoms with E-state index in [9.17, 15) is 4.39 Å². The number of aromatic nitrogens is 3. The van der Waals surface area contributed by atoms with Gasteiger partial charge in [-0.1, -0.05) is 0 Å². The lowest BCUT2D eigenvalue weighted by Crippen LogP contribution is -1.79. The summed E-state index contributed by atoms with van der Waals surface area (Å²) in [4.78, 5) is 10.8. The number of aromatic amines is 1. The molecule has 0 saturated carbocycles. The molecule has 0 aliphatic heterocycles. The molecule has 0 aromatic carbocycles. The van der Waals surface area contributed by atoms with Crippen LogP contribution >= 0.6 is 12.6 Å². The Kier molecular flexibility index (Phi) is 1.73. The summed E-state index contributed by atoms with van der Waals surface area (Å²) in [6.45, 7) is 0. The predicted octanol–water partition coefficient (Wildman–Crippen LogP) is 1.53. The zero-order chi connectivity index (χ0) is 8.55. The van der Waals surface area contributed by atoms with Crippen molar-refractivity contribution in [1.82, 2.24) is 15.0 Å². The Morgan fingerprint density at radius 1 is 1.58 bits per heavy atom.